The van der Waals surface area contributed by atoms with Crippen molar-refractivity contribution in [2.24, 2.45) is 5.92 Å². The molecule has 0 amide bonds. The van der Waals surface area contributed by atoms with Crippen LogP contribution in [0, 0.1) is 5.92 Å². The van der Waals surface area contributed by atoms with Gasteiger partial charge in [-0.25, -0.2) is 16.8 Å². The quantitative estimate of drug-likeness (QED) is 0.282. The molecule has 0 bridgehead atoms. The molecule has 194 valence electrons. The van der Waals surface area contributed by atoms with Crippen LogP contribution in [0.2, 0.25) is 0 Å². The SMILES string of the molecule is CC(CC1CCCCC1)NCc1ccccc1NS(=O)(=O)c1ccccc1NS(=O)(=O)c1ccsc1. The van der Waals surface area contributed by atoms with Gasteiger partial charge in [0.25, 0.3) is 20.0 Å². The predicted molar refractivity (Wildman–Crippen MR) is 146 cm³/mol. The van der Waals surface area contributed by atoms with Crippen LogP contribution in [0.4, 0.5) is 11.4 Å². The summed E-state index contributed by atoms with van der Waals surface area (Å²) in [5, 5.41) is 6.69. The molecule has 0 aliphatic heterocycles. The lowest BCUT2D eigenvalue weighted by Gasteiger charge is -2.25. The number of thiophene rings is 1. The lowest BCUT2D eigenvalue weighted by molar-refractivity contribution is 0.305. The maximum atomic E-state index is 13.4. The normalized spacial score (nSPS) is 15.9. The first-order valence-electron chi connectivity index (χ1n) is 12.2. The molecular formula is C26H33N3O4S3. The van der Waals surface area contributed by atoms with Crippen molar-refractivity contribution in [1.82, 2.24) is 5.32 Å². The molecule has 3 aromatic rings. The number of para-hydroxylation sites is 2. The van der Waals surface area contributed by atoms with Gasteiger partial charge in [0.15, 0.2) is 0 Å². The number of anilines is 2. The van der Waals surface area contributed by atoms with Crippen molar-refractivity contribution in [2.45, 2.75) is 67.8 Å². The average molecular weight is 548 g/mol. The van der Waals surface area contributed by atoms with Gasteiger partial charge in [-0.3, -0.25) is 9.44 Å². The zero-order valence-electron chi connectivity index (χ0n) is 20.3. The number of hydrogen-bond acceptors (Lipinski definition) is 6. The number of nitrogens with one attached hydrogen (secondary N) is 3. The summed E-state index contributed by atoms with van der Waals surface area (Å²) in [5.74, 6) is 0.754. The van der Waals surface area contributed by atoms with E-state index in [-0.39, 0.29) is 15.5 Å². The first-order valence-corrected chi connectivity index (χ1v) is 16.1. The molecule has 1 unspecified atom stereocenters. The summed E-state index contributed by atoms with van der Waals surface area (Å²) < 4.78 is 57.3. The van der Waals surface area contributed by atoms with Crippen LogP contribution in [0.15, 0.2) is 75.1 Å². The van der Waals surface area contributed by atoms with Crippen LogP contribution >= 0.6 is 11.3 Å². The standard InChI is InChI=1S/C26H33N3O4S3/c1-20(17-21-9-3-2-4-10-21)27-18-22-11-5-6-12-24(22)28-36(32,33)26-14-8-7-13-25(26)29-35(30,31)23-15-16-34-19-23/h5-8,11-16,19-21,27-29H,2-4,9-10,17-18H2,1H3. The van der Waals surface area contributed by atoms with E-state index in [1.807, 2.05) is 12.1 Å². The Labute approximate surface area is 218 Å². The van der Waals surface area contributed by atoms with E-state index in [0.717, 1.165) is 17.9 Å². The Balaban J connectivity index is 1.48. The second-order valence-electron chi connectivity index (χ2n) is 9.35. The first kappa shape index (κ1) is 26.7. The zero-order chi connectivity index (χ0) is 25.6. The molecule has 1 aliphatic carbocycles. The fourth-order valence-electron chi connectivity index (χ4n) is 4.66. The molecule has 0 saturated heterocycles. The third-order valence-electron chi connectivity index (χ3n) is 6.54. The van der Waals surface area contributed by atoms with Crippen LogP contribution in [-0.4, -0.2) is 22.9 Å². The number of sulfonamides is 2. The molecule has 1 aliphatic rings. The van der Waals surface area contributed by atoms with Crippen LogP contribution in [0.1, 0.15) is 51.0 Å². The number of rotatable bonds is 11. The summed E-state index contributed by atoms with van der Waals surface area (Å²) >= 11 is 1.25. The molecule has 4 rings (SSSR count). The van der Waals surface area contributed by atoms with E-state index in [2.05, 4.69) is 21.7 Å². The second kappa shape index (κ2) is 11.8. The molecule has 3 N–H and O–H groups in total. The van der Waals surface area contributed by atoms with Crippen molar-refractivity contribution in [3.8, 4) is 0 Å². The Kier molecular flexibility index (Phi) is 8.71. The van der Waals surface area contributed by atoms with Crippen LogP contribution in [0.5, 0.6) is 0 Å². The molecule has 36 heavy (non-hydrogen) atoms. The molecule has 0 radical (unpaired) electrons. The summed E-state index contributed by atoms with van der Waals surface area (Å²) in [5.41, 5.74) is 1.28. The minimum atomic E-state index is -4.07. The molecule has 1 atom stereocenters. The maximum Gasteiger partial charge on any atom is 0.263 e. The number of hydrogen-bond donors (Lipinski definition) is 3. The van der Waals surface area contributed by atoms with Gasteiger partial charge in [0, 0.05) is 18.0 Å². The zero-order valence-corrected chi connectivity index (χ0v) is 22.8. The van der Waals surface area contributed by atoms with Gasteiger partial charge in [0.05, 0.1) is 16.3 Å². The molecule has 0 spiro atoms. The summed E-state index contributed by atoms with van der Waals surface area (Å²) in [6.45, 7) is 2.70. The first-order chi connectivity index (χ1) is 17.2. The molecule has 7 nitrogen and oxygen atoms in total. The minimum Gasteiger partial charge on any atom is -0.310 e. The average Bonchev–Trinajstić information content (AvgIpc) is 3.40. The van der Waals surface area contributed by atoms with Gasteiger partial charge in [-0.1, -0.05) is 62.4 Å². The van der Waals surface area contributed by atoms with Crippen molar-refractivity contribution in [3.05, 3.63) is 70.9 Å². The molecule has 1 saturated carbocycles. The van der Waals surface area contributed by atoms with E-state index >= 15 is 0 Å². The van der Waals surface area contributed by atoms with E-state index in [1.165, 1.54) is 67.0 Å². The lowest BCUT2D eigenvalue weighted by Crippen LogP contribution is -2.29. The van der Waals surface area contributed by atoms with Gasteiger partial charge in [0.2, 0.25) is 0 Å². The largest absolute Gasteiger partial charge is 0.310 e. The van der Waals surface area contributed by atoms with E-state index in [9.17, 15) is 16.8 Å². The molecular weight excluding hydrogens is 515 g/mol. The van der Waals surface area contributed by atoms with E-state index in [1.54, 1.807) is 29.6 Å². The fourth-order valence-corrected chi connectivity index (χ4v) is 8.10. The Hall–Kier alpha value is -2.40. The molecule has 10 heteroatoms. The van der Waals surface area contributed by atoms with Crippen LogP contribution in [-0.2, 0) is 26.6 Å². The van der Waals surface area contributed by atoms with E-state index in [4.69, 9.17) is 0 Å². The van der Waals surface area contributed by atoms with Crippen LogP contribution < -0.4 is 14.8 Å². The summed E-state index contributed by atoms with van der Waals surface area (Å²) in [6.07, 6.45) is 7.66. The summed E-state index contributed by atoms with van der Waals surface area (Å²) in [4.78, 5) is -0.0522. The maximum absolute atomic E-state index is 13.4. The van der Waals surface area contributed by atoms with Crippen LogP contribution in [0.25, 0.3) is 0 Å². The minimum absolute atomic E-state index is 0.00656. The monoisotopic (exact) mass is 547 g/mol. The molecule has 1 heterocycles. The number of benzene rings is 2. The second-order valence-corrected chi connectivity index (χ2v) is 13.5. The highest BCUT2D eigenvalue weighted by Crippen LogP contribution is 2.29. The van der Waals surface area contributed by atoms with Crippen molar-refractivity contribution in [1.29, 1.82) is 0 Å². The highest BCUT2D eigenvalue weighted by atomic mass is 32.2. The summed E-state index contributed by atoms with van der Waals surface area (Å²) in [7, 11) is -7.98. The van der Waals surface area contributed by atoms with Gasteiger partial charge in [-0.05, 0) is 54.5 Å². The van der Waals surface area contributed by atoms with Gasteiger partial charge >= 0.3 is 0 Å². The predicted octanol–water partition coefficient (Wildman–Crippen LogP) is 5.80. The van der Waals surface area contributed by atoms with E-state index < -0.39 is 20.0 Å². The third kappa shape index (κ3) is 6.88. The van der Waals surface area contributed by atoms with Gasteiger partial charge < -0.3 is 5.32 Å². The van der Waals surface area contributed by atoms with Gasteiger partial charge in [0.1, 0.15) is 4.90 Å². The van der Waals surface area contributed by atoms with Gasteiger partial charge in [-0.2, -0.15) is 11.3 Å². The molecule has 1 fully saturated rings. The summed E-state index contributed by atoms with van der Waals surface area (Å²) in [6, 6.07) is 15.1. The van der Waals surface area contributed by atoms with Crippen molar-refractivity contribution < 1.29 is 16.8 Å². The highest BCUT2D eigenvalue weighted by Gasteiger charge is 2.24. The van der Waals surface area contributed by atoms with Crippen LogP contribution in [0.3, 0.4) is 0 Å². The smallest absolute Gasteiger partial charge is 0.263 e. The fraction of sp³-hybridized carbons (Fsp3) is 0.385. The van der Waals surface area contributed by atoms with E-state index in [0.29, 0.717) is 18.3 Å². The highest BCUT2D eigenvalue weighted by molar-refractivity contribution is 7.94. The Morgan fingerprint density at radius 2 is 1.53 bits per heavy atom. The van der Waals surface area contributed by atoms with Crippen molar-refractivity contribution in [3.63, 3.8) is 0 Å². The lowest BCUT2D eigenvalue weighted by atomic mass is 9.85. The van der Waals surface area contributed by atoms with Gasteiger partial charge in [-0.15, -0.1) is 0 Å². The third-order valence-corrected chi connectivity index (χ3v) is 10.2. The Morgan fingerprint density at radius 3 is 2.25 bits per heavy atom. The Morgan fingerprint density at radius 1 is 0.861 bits per heavy atom. The van der Waals surface area contributed by atoms with Crippen molar-refractivity contribution in [2.75, 3.05) is 9.44 Å². The topological polar surface area (TPSA) is 104 Å². The molecule has 2 aromatic carbocycles. The molecule has 1 aromatic heterocycles. The van der Waals surface area contributed by atoms with Crippen molar-refractivity contribution >= 4 is 42.8 Å². The Bertz CT molecular complexity index is 1350.